The molecule has 1 aliphatic heterocycles. The van der Waals surface area contributed by atoms with Crippen LogP contribution in [0, 0.1) is 0 Å². The summed E-state index contributed by atoms with van der Waals surface area (Å²) in [7, 11) is 1.53. The van der Waals surface area contributed by atoms with E-state index in [0.29, 0.717) is 19.6 Å². The van der Waals surface area contributed by atoms with Crippen LogP contribution >= 0.6 is 0 Å². The number of pyridine rings is 1. The molecule has 0 aromatic carbocycles. The number of carbonyl (C=O) groups excluding carboxylic acids is 1. The highest BCUT2D eigenvalue weighted by atomic mass is 19.4. The average molecular weight is 302 g/mol. The Balaban J connectivity index is 2.21. The first kappa shape index (κ1) is 15.4. The van der Waals surface area contributed by atoms with Crippen LogP contribution in [0.4, 0.5) is 23.8 Å². The molecule has 1 N–H and O–H groups in total. The molecule has 116 valence electrons. The summed E-state index contributed by atoms with van der Waals surface area (Å²) < 4.78 is 39.1. The molecule has 1 aliphatic rings. The lowest BCUT2D eigenvalue weighted by atomic mass is 10.1. The van der Waals surface area contributed by atoms with Gasteiger partial charge in [-0.05, 0) is 19.1 Å². The Morgan fingerprint density at radius 1 is 1.43 bits per heavy atom. The number of anilines is 1. The molecule has 1 aromatic rings. The van der Waals surface area contributed by atoms with Gasteiger partial charge in [0.1, 0.15) is 5.82 Å². The molecule has 0 bridgehead atoms. The lowest BCUT2D eigenvalue weighted by Gasteiger charge is -2.40. The van der Waals surface area contributed by atoms with Crippen molar-refractivity contribution in [1.29, 1.82) is 0 Å². The van der Waals surface area contributed by atoms with E-state index in [4.69, 9.17) is 0 Å². The number of rotatable bonds is 1. The fourth-order valence-corrected chi connectivity index (χ4v) is 2.47. The van der Waals surface area contributed by atoms with Gasteiger partial charge in [-0.1, -0.05) is 0 Å². The van der Waals surface area contributed by atoms with E-state index >= 15 is 0 Å². The monoisotopic (exact) mass is 302 g/mol. The average Bonchev–Trinajstić information content (AvgIpc) is 2.45. The summed E-state index contributed by atoms with van der Waals surface area (Å²) in [6.45, 7) is 2.79. The normalized spacial score (nSPS) is 19.6. The molecular formula is C13H17F3N4O. The van der Waals surface area contributed by atoms with Gasteiger partial charge < -0.3 is 15.1 Å². The smallest absolute Gasteiger partial charge is 0.352 e. The van der Waals surface area contributed by atoms with Crippen molar-refractivity contribution in [3.63, 3.8) is 0 Å². The van der Waals surface area contributed by atoms with Crippen LogP contribution in [0.5, 0.6) is 0 Å². The van der Waals surface area contributed by atoms with Crippen molar-refractivity contribution in [2.45, 2.75) is 19.1 Å². The van der Waals surface area contributed by atoms with Gasteiger partial charge in [-0.3, -0.25) is 0 Å². The topological polar surface area (TPSA) is 48.5 Å². The molecule has 0 radical (unpaired) electrons. The first-order valence-electron chi connectivity index (χ1n) is 6.60. The standard InChI is InChI=1S/C13H17F3N4O/c1-9-8-19(6-7-20(9)12(21)17-2)11-10(13(14,15)16)4-3-5-18-11/h3-5,9H,6-8H2,1-2H3,(H,17,21). The Hall–Kier alpha value is -1.99. The molecule has 0 aliphatic carbocycles. The van der Waals surface area contributed by atoms with Crippen molar-refractivity contribution in [2.24, 2.45) is 0 Å². The lowest BCUT2D eigenvalue weighted by Crippen LogP contribution is -2.56. The van der Waals surface area contributed by atoms with Gasteiger partial charge in [0, 0.05) is 38.9 Å². The second-order valence-electron chi connectivity index (χ2n) is 4.92. The number of nitrogens with one attached hydrogen (secondary N) is 1. The molecular weight excluding hydrogens is 285 g/mol. The number of carbonyl (C=O) groups is 1. The Morgan fingerprint density at radius 3 is 2.71 bits per heavy atom. The number of piperazine rings is 1. The van der Waals surface area contributed by atoms with E-state index in [2.05, 4.69) is 10.3 Å². The first-order chi connectivity index (χ1) is 9.84. The van der Waals surface area contributed by atoms with Crippen molar-refractivity contribution in [3.8, 4) is 0 Å². The highest BCUT2D eigenvalue weighted by Crippen LogP contribution is 2.35. The highest BCUT2D eigenvalue weighted by molar-refractivity contribution is 5.74. The molecule has 1 unspecified atom stereocenters. The molecule has 1 aromatic heterocycles. The number of alkyl halides is 3. The van der Waals surface area contributed by atoms with E-state index in [1.165, 1.54) is 19.3 Å². The Kier molecular flexibility index (Phi) is 4.24. The van der Waals surface area contributed by atoms with Gasteiger partial charge in [0.2, 0.25) is 0 Å². The Labute approximate surface area is 120 Å². The van der Waals surface area contributed by atoms with Gasteiger partial charge in [0.15, 0.2) is 0 Å². The summed E-state index contributed by atoms with van der Waals surface area (Å²) in [5.74, 6) is -0.0755. The lowest BCUT2D eigenvalue weighted by molar-refractivity contribution is -0.137. The summed E-state index contributed by atoms with van der Waals surface area (Å²) in [5, 5.41) is 2.53. The molecule has 0 saturated carbocycles. The minimum Gasteiger partial charge on any atom is -0.352 e. The summed E-state index contributed by atoms with van der Waals surface area (Å²) in [4.78, 5) is 18.7. The molecule has 1 atom stereocenters. The summed E-state index contributed by atoms with van der Waals surface area (Å²) in [5.41, 5.74) is -0.745. The molecule has 2 heterocycles. The quantitative estimate of drug-likeness (QED) is 0.862. The molecule has 8 heteroatoms. The van der Waals surface area contributed by atoms with E-state index in [1.54, 1.807) is 16.7 Å². The molecule has 0 spiro atoms. The zero-order valence-corrected chi connectivity index (χ0v) is 11.8. The van der Waals surface area contributed by atoms with Crippen molar-refractivity contribution < 1.29 is 18.0 Å². The minimum atomic E-state index is -4.44. The predicted octanol–water partition coefficient (Wildman–Crippen LogP) is 1.95. The fraction of sp³-hybridized carbons (Fsp3) is 0.538. The van der Waals surface area contributed by atoms with Crippen molar-refractivity contribution >= 4 is 11.8 Å². The molecule has 2 amide bonds. The number of nitrogens with zero attached hydrogens (tertiary/aromatic N) is 3. The van der Waals surface area contributed by atoms with Gasteiger partial charge in [-0.2, -0.15) is 13.2 Å². The van der Waals surface area contributed by atoms with Crippen LogP contribution in [0.15, 0.2) is 18.3 Å². The van der Waals surface area contributed by atoms with E-state index in [1.807, 2.05) is 0 Å². The van der Waals surface area contributed by atoms with Gasteiger partial charge in [0.25, 0.3) is 0 Å². The van der Waals surface area contributed by atoms with Crippen LogP contribution in [0.2, 0.25) is 0 Å². The largest absolute Gasteiger partial charge is 0.419 e. The van der Waals surface area contributed by atoms with Crippen LogP contribution in [-0.2, 0) is 6.18 Å². The number of urea groups is 1. The fourth-order valence-electron chi connectivity index (χ4n) is 2.47. The Morgan fingerprint density at radius 2 is 2.14 bits per heavy atom. The third kappa shape index (κ3) is 3.20. The minimum absolute atomic E-state index is 0.0755. The molecule has 2 rings (SSSR count). The number of amides is 2. The van der Waals surface area contributed by atoms with Gasteiger partial charge >= 0.3 is 12.2 Å². The molecule has 1 saturated heterocycles. The maximum atomic E-state index is 13.0. The van der Waals surface area contributed by atoms with Crippen molar-refractivity contribution in [3.05, 3.63) is 23.9 Å². The third-order valence-electron chi connectivity index (χ3n) is 3.49. The SMILES string of the molecule is CNC(=O)N1CCN(c2ncccc2C(F)(F)F)CC1C. The van der Waals surface area contributed by atoms with Gasteiger partial charge in [0.05, 0.1) is 5.56 Å². The van der Waals surface area contributed by atoms with Crippen LogP contribution in [-0.4, -0.2) is 48.6 Å². The van der Waals surface area contributed by atoms with Crippen LogP contribution in [0.1, 0.15) is 12.5 Å². The molecule has 5 nitrogen and oxygen atoms in total. The second-order valence-corrected chi connectivity index (χ2v) is 4.92. The van der Waals surface area contributed by atoms with Crippen molar-refractivity contribution in [2.75, 3.05) is 31.6 Å². The van der Waals surface area contributed by atoms with Crippen molar-refractivity contribution in [1.82, 2.24) is 15.2 Å². The van der Waals surface area contributed by atoms with E-state index in [9.17, 15) is 18.0 Å². The van der Waals surface area contributed by atoms with Crippen LogP contribution in [0.3, 0.4) is 0 Å². The van der Waals surface area contributed by atoms with E-state index < -0.39 is 11.7 Å². The molecule has 21 heavy (non-hydrogen) atoms. The zero-order valence-electron chi connectivity index (χ0n) is 11.8. The van der Waals surface area contributed by atoms with Gasteiger partial charge in [-0.15, -0.1) is 0 Å². The van der Waals surface area contributed by atoms with E-state index in [0.717, 1.165) is 6.07 Å². The Bertz CT molecular complexity index is 520. The van der Waals surface area contributed by atoms with Gasteiger partial charge in [-0.25, -0.2) is 9.78 Å². The number of hydrogen-bond acceptors (Lipinski definition) is 3. The maximum absolute atomic E-state index is 13.0. The van der Waals surface area contributed by atoms with Crippen LogP contribution < -0.4 is 10.2 Å². The third-order valence-corrected chi connectivity index (χ3v) is 3.49. The summed E-state index contributed by atoms with van der Waals surface area (Å²) in [6, 6.07) is 1.88. The zero-order chi connectivity index (χ0) is 15.6. The second kappa shape index (κ2) is 5.79. The van der Waals surface area contributed by atoms with Crippen LogP contribution in [0.25, 0.3) is 0 Å². The maximum Gasteiger partial charge on any atom is 0.419 e. The molecule has 1 fully saturated rings. The number of hydrogen-bond donors (Lipinski definition) is 1. The number of halogens is 3. The summed E-state index contributed by atoms with van der Waals surface area (Å²) >= 11 is 0. The number of aromatic nitrogens is 1. The highest BCUT2D eigenvalue weighted by Gasteiger charge is 2.37. The van der Waals surface area contributed by atoms with E-state index in [-0.39, 0.29) is 17.9 Å². The first-order valence-corrected chi connectivity index (χ1v) is 6.60. The summed E-state index contributed by atoms with van der Waals surface area (Å²) in [6.07, 6.45) is -3.09. The predicted molar refractivity (Wildman–Crippen MR) is 72.1 cm³/mol.